The molecule has 1 unspecified atom stereocenters. The maximum absolute atomic E-state index is 14.0. The largest absolute Gasteiger partial charge is 0.465 e. The zero-order valence-electron chi connectivity index (χ0n) is 24.6. The Hall–Kier alpha value is -4.11. The number of fused-ring (bicyclic) bond motifs is 2. The number of carbonyl (C=O) groups excluding carboxylic acids is 2. The summed E-state index contributed by atoms with van der Waals surface area (Å²) in [6.07, 6.45) is 4.55. The van der Waals surface area contributed by atoms with Gasteiger partial charge < -0.3 is 23.9 Å². The molecule has 1 aliphatic carbocycles. The summed E-state index contributed by atoms with van der Waals surface area (Å²) in [4.78, 5) is 51.5. The van der Waals surface area contributed by atoms with Gasteiger partial charge in [0, 0.05) is 46.2 Å². The van der Waals surface area contributed by atoms with Gasteiger partial charge in [0.1, 0.15) is 24.4 Å². The van der Waals surface area contributed by atoms with E-state index in [-0.39, 0.29) is 49.1 Å². The fraction of sp³-hybridized carbons (Fsp3) is 0.500. The molecule has 1 atom stereocenters. The van der Waals surface area contributed by atoms with Gasteiger partial charge in [-0.2, -0.15) is 0 Å². The summed E-state index contributed by atoms with van der Waals surface area (Å²) in [7, 11) is -1.30. The molecule has 13 nitrogen and oxygen atoms in total. The average Bonchev–Trinajstić information content (AvgIpc) is 3.55. The predicted octanol–water partition coefficient (Wildman–Crippen LogP) is 2.93. The molecule has 0 aromatic carbocycles. The highest BCUT2D eigenvalue weighted by atomic mass is 28.3. The molecule has 2 aliphatic rings. The molecule has 3 aromatic heterocycles. The van der Waals surface area contributed by atoms with Crippen LogP contribution in [0.25, 0.3) is 5.82 Å². The van der Waals surface area contributed by atoms with Crippen LogP contribution in [-0.2, 0) is 33.5 Å². The van der Waals surface area contributed by atoms with Crippen LogP contribution in [0.2, 0.25) is 25.7 Å². The minimum absolute atomic E-state index is 0.000192. The zero-order chi connectivity index (χ0) is 30.7. The van der Waals surface area contributed by atoms with Crippen molar-refractivity contribution in [1.29, 1.82) is 0 Å². The molecule has 0 saturated carbocycles. The number of carbonyl (C=O) groups is 2. The lowest BCUT2D eigenvalue weighted by atomic mass is 10.1. The van der Waals surface area contributed by atoms with Gasteiger partial charge in [0.05, 0.1) is 18.6 Å². The van der Waals surface area contributed by atoms with Crippen LogP contribution >= 0.6 is 0 Å². The van der Waals surface area contributed by atoms with Crippen molar-refractivity contribution in [3.05, 3.63) is 57.5 Å². The molecule has 43 heavy (non-hydrogen) atoms. The quantitative estimate of drug-likeness (QED) is 0.252. The highest BCUT2D eigenvalue weighted by Crippen LogP contribution is 2.29. The van der Waals surface area contributed by atoms with Crippen LogP contribution in [0.4, 0.5) is 15.0 Å². The van der Waals surface area contributed by atoms with Crippen LogP contribution < -0.4 is 20.7 Å². The number of aryl methyl sites for hydroxylation is 2. The van der Waals surface area contributed by atoms with Crippen molar-refractivity contribution in [2.45, 2.75) is 64.4 Å². The topological polar surface area (TPSA) is 151 Å². The molecular formula is C28H35FN6O7Si. The van der Waals surface area contributed by atoms with Gasteiger partial charge >= 0.3 is 11.8 Å². The molecule has 230 valence electrons. The zero-order valence-corrected chi connectivity index (χ0v) is 25.6. The number of halogens is 1. The molecular weight excluding hydrogens is 579 g/mol. The van der Waals surface area contributed by atoms with Crippen LogP contribution in [-0.4, -0.2) is 72.2 Å². The van der Waals surface area contributed by atoms with Crippen molar-refractivity contribution in [2.24, 2.45) is 0 Å². The van der Waals surface area contributed by atoms with E-state index in [9.17, 15) is 18.8 Å². The molecule has 5 rings (SSSR count). The molecule has 3 aromatic rings. The summed E-state index contributed by atoms with van der Waals surface area (Å²) in [5, 5.41) is 2.68. The molecule has 0 saturated heterocycles. The third-order valence-electron chi connectivity index (χ3n) is 7.22. The number of amides is 2. The van der Waals surface area contributed by atoms with Gasteiger partial charge in [-0.3, -0.25) is 14.7 Å². The number of nitrogens with zero attached hydrogens (tertiary/aromatic N) is 5. The van der Waals surface area contributed by atoms with E-state index in [1.54, 1.807) is 6.92 Å². The highest BCUT2D eigenvalue weighted by Gasteiger charge is 2.30. The standard InChI is InChI=1S/C28H35FN6O7Si/c1-17-20-10-19(11-21(20)22(29)12-31-17)41-27(37)30-7-5-6-18-14-34(28(38)42-18)23-13-32-26-25(33-23)35(24(36)15-40-26)16-39-8-9-43(2,3)4/h12-14,19H,5-11,15-16H2,1-4H3,(H,30,37). The van der Waals surface area contributed by atoms with Gasteiger partial charge in [-0.05, 0) is 30.5 Å². The van der Waals surface area contributed by atoms with E-state index in [0.717, 1.165) is 17.3 Å². The maximum atomic E-state index is 14.0. The van der Waals surface area contributed by atoms with Crippen LogP contribution in [0.3, 0.4) is 0 Å². The second-order valence-corrected chi connectivity index (χ2v) is 17.4. The number of oxazole rings is 1. The van der Waals surface area contributed by atoms with E-state index in [2.05, 4.69) is 39.9 Å². The Labute approximate surface area is 248 Å². The summed E-state index contributed by atoms with van der Waals surface area (Å²) in [6.45, 7) is 9.14. The van der Waals surface area contributed by atoms with Gasteiger partial charge in [-0.25, -0.2) is 28.5 Å². The first-order valence-electron chi connectivity index (χ1n) is 14.2. The molecule has 0 fully saturated rings. The number of hydrogen-bond donors (Lipinski definition) is 1. The Kier molecular flexibility index (Phi) is 8.91. The first-order chi connectivity index (χ1) is 20.5. The van der Waals surface area contributed by atoms with E-state index >= 15 is 0 Å². The van der Waals surface area contributed by atoms with Crippen LogP contribution in [0.15, 0.2) is 27.8 Å². The summed E-state index contributed by atoms with van der Waals surface area (Å²) < 4.78 is 37.2. The number of nitrogens with one attached hydrogen (secondary N) is 1. The first-order valence-corrected chi connectivity index (χ1v) is 17.9. The van der Waals surface area contributed by atoms with Crippen LogP contribution in [0, 0.1) is 12.7 Å². The van der Waals surface area contributed by atoms with E-state index in [4.69, 9.17) is 18.6 Å². The molecule has 0 bridgehead atoms. The Morgan fingerprint density at radius 1 is 1.19 bits per heavy atom. The van der Waals surface area contributed by atoms with E-state index < -0.39 is 26.0 Å². The van der Waals surface area contributed by atoms with Crippen molar-refractivity contribution >= 4 is 25.9 Å². The summed E-state index contributed by atoms with van der Waals surface area (Å²) >= 11 is 0. The van der Waals surface area contributed by atoms with Gasteiger partial charge in [-0.1, -0.05) is 19.6 Å². The van der Waals surface area contributed by atoms with E-state index in [1.165, 1.54) is 28.1 Å². The lowest BCUT2D eigenvalue weighted by molar-refractivity contribution is -0.122. The minimum atomic E-state index is -1.30. The second-order valence-electron chi connectivity index (χ2n) is 11.8. The van der Waals surface area contributed by atoms with Crippen molar-refractivity contribution in [1.82, 2.24) is 24.8 Å². The number of rotatable bonds is 11. The van der Waals surface area contributed by atoms with Crippen molar-refractivity contribution in [3.63, 3.8) is 0 Å². The Morgan fingerprint density at radius 2 is 1.98 bits per heavy atom. The molecule has 15 heteroatoms. The third-order valence-corrected chi connectivity index (χ3v) is 8.92. The number of anilines is 1. The molecule has 2 amide bonds. The molecule has 1 aliphatic heterocycles. The van der Waals surface area contributed by atoms with Gasteiger partial charge in [0.15, 0.2) is 12.4 Å². The normalized spacial score (nSPS) is 16.1. The predicted molar refractivity (Wildman–Crippen MR) is 155 cm³/mol. The van der Waals surface area contributed by atoms with Crippen molar-refractivity contribution < 1.29 is 32.6 Å². The van der Waals surface area contributed by atoms with Gasteiger partial charge in [0.25, 0.3) is 11.8 Å². The Bertz CT molecular complexity index is 1540. The highest BCUT2D eigenvalue weighted by molar-refractivity contribution is 6.76. The monoisotopic (exact) mass is 614 g/mol. The van der Waals surface area contributed by atoms with Crippen LogP contribution in [0.1, 0.15) is 29.0 Å². The van der Waals surface area contributed by atoms with Crippen LogP contribution in [0.5, 0.6) is 5.88 Å². The molecule has 0 radical (unpaired) electrons. The summed E-state index contributed by atoms with van der Waals surface area (Å²) in [5.74, 6) is -0.509. The number of aromatic nitrogens is 4. The smallest absolute Gasteiger partial charge is 0.425 e. The number of hydrogen-bond acceptors (Lipinski definition) is 10. The molecule has 0 spiro atoms. The number of ether oxygens (including phenoxy) is 3. The minimum Gasteiger partial charge on any atom is -0.465 e. The fourth-order valence-electron chi connectivity index (χ4n) is 4.83. The SMILES string of the molecule is Cc1ncc(F)c2c1CC(OC(=O)NCCCc1cn(-c3cnc4c(n3)N(COCC[Si](C)(C)C)C(=O)CO4)c(=O)o1)C2. The lowest BCUT2D eigenvalue weighted by Gasteiger charge is -2.27. The van der Waals surface area contributed by atoms with Gasteiger partial charge in [-0.15, -0.1) is 0 Å². The summed E-state index contributed by atoms with van der Waals surface area (Å²) in [6, 6.07) is 0.947. The van der Waals surface area contributed by atoms with Crippen molar-refractivity contribution in [2.75, 3.05) is 31.4 Å². The fourth-order valence-corrected chi connectivity index (χ4v) is 5.58. The Morgan fingerprint density at radius 3 is 2.74 bits per heavy atom. The number of alkyl carbamates (subject to hydrolysis) is 1. The van der Waals surface area contributed by atoms with E-state index in [0.29, 0.717) is 43.6 Å². The average molecular weight is 615 g/mol. The Balaban J connectivity index is 1.14. The second kappa shape index (κ2) is 12.6. The van der Waals surface area contributed by atoms with E-state index in [1.807, 2.05) is 0 Å². The summed E-state index contributed by atoms with van der Waals surface area (Å²) in [5.41, 5.74) is 2.07. The number of pyridine rings is 1. The maximum Gasteiger partial charge on any atom is 0.425 e. The van der Waals surface area contributed by atoms with Crippen molar-refractivity contribution in [3.8, 4) is 11.7 Å². The lowest BCUT2D eigenvalue weighted by Crippen LogP contribution is -2.41. The molecule has 1 N–H and O–H groups in total. The van der Waals surface area contributed by atoms with Gasteiger partial charge in [0.2, 0.25) is 5.82 Å². The first kappa shape index (κ1) is 30.3. The third kappa shape index (κ3) is 7.28. The molecule has 4 heterocycles.